The number of para-hydroxylation sites is 1. The average molecular weight is 257 g/mol. The molecule has 0 aliphatic rings. The van der Waals surface area contributed by atoms with E-state index in [1.807, 2.05) is 39.0 Å². The van der Waals surface area contributed by atoms with Crippen LogP contribution in [-0.2, 0) is 0 Å². The van der Waals surface area contributed by atoms with E-state index in [-0.39, 0.29) is 5.54 Å². The molecule has 0 aliphatic carbocycles. The summed E-state index contributed by atoms with van der Waals surface area (Å²) < 4.78 is 0.753. The van der Waals surface area contributed by atoms with Crippen molar-refractivity contribution in [3.63, 3.8) is 0 Å². The zero-order valence-corrected chi connectivity index (χ0v) is 10.1. The third-order valence-electron chi connectivity index (χ3n) is 1.45. The van der Waals surface area contributed by atoms with Crippen LogP contribution in [0.3, 0.4) is 0 Å². The third kappa shape index (κ3) is 3.10. The Morgan fingerprint density at radius 2 is 1.86 bits per heavy atom. The molecule has 0 heterocycles. The van der Waals surface area contributed by atoms with Crippen molar-refractivity contribution >= 4 is 21.6 Å². The molecule has 1 aromatic carbocycles. The molecular formula is C10H13BrN2O. The van der Waals surface area contributed by atoms with Gasteiger partial charge in [0.2, 0.25) is 0 Å². The number of hydrogen-bond donors (Lipinski definition) is 0. The molecule has 0 fully saturated rings. The first-order valence-electron chi connectivity index (χ1n) is 4.35. The fourth-order valence-electron chi connectivity index (χ4n) is 0.933. The summed E-state index contributed by atoms with van der Waals surface area (Å²) in [5, 5.41) is 15.6. The zero-order valence-electron chi connectivity index (χ0n) is 8.49. The van der Waals surface area contributed by atoms with Crippen molar-refractivity contribution in [3.8, 4) is 0 Å². The second kappa shape index (κ2) is 4.09. The third-order valence-corrected chi connectivity index (χ3v) is 2.12. The van der Waals surface area contributed by atoms with E-state index in [1.54, 1.807) is 6.07 Å². The molecule has 0 bridgehead atoms. The maximum absolute atomic E-state index is 11.6. The average Bonchev–Trinajstić information content (AvgIpc) is 2.01. The van der Waals surface area contributed by atoms with E-state index >= 15 is 0 Å². The van der Waals surface area contributed by atoms with Crippen molar-refractivity contribution in [2.75, 3.05) is 0 Å². The van der Waals surface area contributed by atoms with Gasteiger partial charge in [-0.1, -0.05) is 17.0 Å². The van der Waals surface area contributed by atoms with E-state index in [2.05, 4.69) is 21.0 Å². The molecule has 1 aromatic rings. The molecule has 0 aromatic heterocycles. The smallest absolute Gasteiger partial charge is 0.258 e. The summed E-state index contributed by atoms with van der Waals surface area (Å²) in [5.41, 5.74) is 0.166. The molecule has 0 N–H and O–H groups in total. The SMILES string of the molecule is CC(C)(C)N=[N+]([O-])c1ccccc1Br. The van der Waals surface area contributed by atoms with Gasteiger partial charge in [0.15, 0.2) is 0 Å². The Labute approximate surface area is 92.2 Å². The van der Waals surface area contributed by atoms with Gasteiger partial charge in [-0.2, -0.15) is 0 Å². The quantitative estimate of drug-likeness (QED) is 0.428. The highest BCUT2D eigenvalue weighted by molar-refractivity contribution is 9.10. The monoisotopic (exact) mass is 256 g/mol. The number of hydrogen-bond acceptors (Lipinski definition) is 2. The minimum atomic E-state index is -0.364. The normalized spacial score (nSPS) is 13.0. The summed E-state index contributed by atoms with van der Waals surface area (Å²) in [5.74, 6) is 0. The molecule has 0 radical (unpaired) electrons. The molecule has 14 heavy (non-hydrogen) atoms. The highest BCUT2D eigenvalue weighted by atomic mass is 79.9. The van der Waals surface area contributed by atoms with Gasteiger partial charge >= 0.3 is 0 Å². The van der Waals surface area contributed by atoms with Crippen LogP contribution in [0, 0.1) is 5.21 Å². The van der Waals surface area contributed by atoms with Gasteiger partial charge in [-0.05, 0) is 47.9 Å². The molecule has 0 aliphatic heterocycles. The Morgan fingerprint density at radius 3 is 2.36 bits per heavy atom. The van der Waals surface area contributed by atoms with Crippen LogP contribution in [0.4, 0.5) is 5.69 Å². The zero-order chi connectivity index (χ0) is 10.8. The minimum absolute atomic E-state index is 0.364. The molecule has 4 heteroatoms. The molecule has 76 valence electrons. The van der Waals surface area contributed by atoms with Gasteiger partial charge in [0.25, 0.3) is 5.69 Å². The van der Waals surface area contributed by atoms with Crippen LogP contribution in [0.15, 0.2) is 33.9 Å². The van der Waals surface area contributed by atoms with Crippen molar-refractivity contribution in [2.24, 2.45) is 5.11 Å². The fraction of sp³-hybridized carbons (Fsp3) is 0.400. The van der Waals surface area contributed by atoms with Crippen LogP contribution in [0.1, 0.15) is 20.8 Å². The molecule has 0 spiro atoms. The van der Waals surface area contributed by atoms with Gasteiger partial charge in [-0.25, -0.2) is 0 Å². The number of rotatable bonds is 1. The summed E-state index contributed by atoms with van der Waals surface area (Å²) in [4.78, 5) is 0.657. The molecule has 3 nitrogen and oxygen atoms in total. The van der Waals surface area contributed by atoms with Crippen LogP contribution in [0.2, 0.25) is 0 Å². The van der Waals surface area contributed by atoms with E-state index < -0.39 is 0 Å². The standard InChI is InChI=1S/C10H13BrN2O/c1-10(2,3)12-13(14)9-7-5-4-6-8(9)11/h4-7H,1-3H3. The van der Waals surface area contributed by atoms with E-state index in [1.165, 1.54) is 0 Å². The summed E-state index contributed by atoms with van der Waals surface area (Å²) in [6, 6.07) is 7.21. The van der Waals surface area contributed by atoms with Gasteiger partial charge in [-0.3, -0.25) is 0 Å². The van der Waals surface area contributed by atoms with Gasteiger partial charge in [0, 0.05) is 6.07 Å². The van der Waals surface area contributed by atoms with Crippen molar-refractivity contribution < 1.29 is 4.86 Å². The van der Waals surface area contributed by atoms with Crippen molar-refractivity contribution in [1.29, 1.82) is 0 Å². The summed E-state index contributed by atoms with van der Waals surface area (Å²) in [6.07, 6.45) is 0. The van der Waals surface area contributed by atoms with Crippen LogP contribution in [-0.4, -0.2) is 10.4 Å². The van der Waals surface area contributed by atoms with Crippen LogP contribution in [0.25, 0.3) is 0 Å². The van der Waals surface area contributed by atoms with Gasteiger partial charge in [0.05, 0.1) is 4.47 Å². The predicted octanol–water partition coefficient (Wildman–Crippen LogP) is 3.84. The maximum atomic E-state index is 11.6. The van der Waals surface area contributed by atoms with Crippen LogP contribution >= 0.6 is 15.9 Å². The van der Waals surface area contributed by atoms with E-state index in [9.17, 15) is 5.21 Å². The lowest BCUT2D eigenvalue weighted by molar-refractivity contribution is -0.450. The Morgan fingerprint density at radius 1 is 1.29 bits per heavy atom. The molecule has 0 amide bonds. The highest BCUT2D eigenvalue weighted by Crippen LogP contribution is 2.25. The highest BCUT2D eigenvalue weighted by Gasteiger charge is 2.16. The van der Waals surface area contributed by atoms with Crippen molar-refractivity contribution in [1.82, 2.24) is 0 Å². The van der Waals surface area contributed by atoms with E-state index in [0.29, 0.717) is 10.5 Å². The first-order valence-corrected chi connectivity index (χ1v) is 5.14. The molecular weight excluding hydrogens is 244 g/mol. The Hall–Kier alpha value is -0.900. The minimum Gasteiger partial charge on any atom is -0.594 e. The Kier molecular flexibility index (Phi) is 3.26. The Balaban J connectivity index is 3.07. The second-order valence-corrected chi connectivity index (χ2v) is 4.85. The number of azo groups is 1. The second-order valence-electron chi connectivity index (χ2n) is 4.00. The maximum Gasteiger partial charge on any atom is 0.258 e. The molecule has 0 saturated carbocycles. The van der Waals surface area contributed by atoms with Crippen molar-refractivity contribution in [3.05, 3.63) is 33.9 Å². The number of benzene rings is 1. The number of nitrogens with zero attached hydrogens (tertiary/aromatic N) is 2. The van der Waals surface area contributed by atoms with Gasteiger partial charge in [-0.15, -0.1) is 0 Å². The van der Waals surface area contributed by atoms with E-state index in [0.717, 1.165) is 4.47 Å². The number of halogens is 1. The van der Waals surface area contributed by atoms with E-state index in [4.69, 9.17) is 0 Å². The molecule has 1 rings (SSSR count). The van der Waals surface area contributed by atoms with Crippen LogP contribution in [0.5, 0.6) is 0 Å². The lowest BCUT2D eigenvalue weighted by Crippen LogP contribution is -2.13. The predicted molar refractivity (Wildman–Crippen MR) is 59.6 cm³/mol. The van der Waals surface area contributed by atoms with Crippen molar-refractivity contribution in [2.45, 2.75) is 26.3 Å². The molecule has 0 saturated heterocycles. The van der Waals surface area contributed by atoms with Gasteiger partial charge in [0.1, 0.15) is 5.54 Å². The molecule has 0 unspecified atom stereocenters. The first-order chi connectivity index (χ1) is 6.40. The summed E-state index contributed by atoms with van der Waals surface area (Å²) in [7, 11) is 0. The van der Waals surface area contributed by atoms with Gasteiger partial charge < -0.3 is 5.21 Å². The largest absolute Gasteiger partial charge is 0.594 e. The summed E-state index contributed by atoms with van der Waals surface area (Å²) in [6.45, 7) is 5.65. The lowest BCUT2D eigenvalue weighted by Gasteiger charge is -2.09. The molecule has 0 atom stereocenters. The van der Waals surface area contributed by atoms with Crippen LogP contribution < -0.4 is 0 Å². The fourth-order valence-corrected chi connectivity index (χ4v) is 1.37. The summed E-state index contributed by atoms with van der Waals surface area (Å²) >= 11 is 3.30. The first kappa shape index (κ1) is 11.2. The Bertz CT molecular complexity index is 355. The lowest BCUT2D eigenvalue weighted by atomic mass is 10.1. The topological polar surface area (TPSA) is 38.4 Å².